The molecule has 1 fully saturated rings. The molecule has 1 aliphatic rings. The minimum absolute atomic E-state index is 0.0734. The molecule has 0 aliphatic carbocycles. The van der Waals surface area contributed by atoms with Gasteiger partial charge >= 0.3 is 0 Å². The van der Waals surface area contributed by atoms with Gasteiger partial charge in [-0.25, -0.2) is 0 Å². The third kappa shape index (κ3) is 4.48. The number of hydrogen-bond donors (Lipinski definition) is 1. The van der Waals surface area contributed by atoms with E-state index in [0.29, 0.717) is 39.4 Å². The first-order valence-corrected chi connectivity index (χ1v) is 12.0. The van der Waals surface area contributed by atoms with Crippen molar-refractivity contribution in [2.45, 2.75) is 12.1 Å². The number of benzene rings is 2. The largest absolute Gasteiger partial charge is 0.497 e. The summed E-state index contributed by atoms with van der Waals surface area (Å²) in [5, 5.41) is 15.1. The molecule has 1 aliphatic heterocycles. The lowest BCUT2D eigenvalue weighted by Gasteiger charge is -2.27. The summed E-state index contributed by atoms with van der Waals surface area (Å²) in [5.74, 6) is 2.64. The second-order valence-corrected chi connectivity index (χ2v) is 8.76. The zero-order chi connectivity index (χ0) is 26.8. The van der Waals surface area contributed by atoms with Gasteiger partial charge in [-0.3, -0.25) is 15.1 Å². The van der Waals surface area contributed by atoms with Crippen molar-refractivity contribution < 1.29 is 23.6 Å². The van der Waals surface area contributed by atoms with Gasteiger partial charge in [0.2, 0.25) is 0 Å². The number of furan rings is 1. The number of anilines is 1. The van der Waals surface area contributed by atoms with Crippen LogP contribution in [0.25, 0.3) is 11.3 Å². The van der Waals surface area contributed by atoms with Crippen LogP contribution in [0.3, 0.4) is 0 Å². The zero-order valence-corrected chi connectivity index (χ0v) is 21.6. The van der Waals surface area contributed by atoms with Gasteiger partial charge in [-0.15, -0.1) is 0 Å². The van der Waals surface area contributed by atoms with E-state index in [2.05, 4.69) is 10.3 Å². The topological polar surface area (TPSA) is 112 Å². The molecule has 0 spiro atoms. The molecule has 0 bridgehead atoms. The number of nitrogens with one attached hydrogen (secondary N) is 1. The Balaban J connectivity index is 1.62. The standard InChI is InChI=1S/C27H24N4O6S/c1-34-17-8-10-20(24(15-17)36-3)30-26(25(29-27(30)38)19-6-4-5-13-28-19)22-12-11-21(37-22)18-9-7-16(31(32)33)14-23(18)35-2/h4-15,25-26H,1-3H3,(H,29,38)/t25-,26+/m1/s1. The maximum absolute atomic E-state index is 11.2. The van der Waals surface area contributed by atoms with Crippen LogP contribution >= 0.6 is 12.2 Å². The number of methoxy groups -OCH3 is 3. The van der Waals surface area contributed by atoms with E-state index in [-0.39, 0.29) is 11.7 Å². The van der Waals surface area contributed by atoms with E-state index < -0.39 is 11.0 Å². The second kappa shape index (κ2) is 10.4. The van der Waals surface area contributed by atoms with Crippen LogP contribution in [0, 0.1) is 10.1 Å². The average Bonchev–Trinajstić information content (AvgIpc) is 3.57. The molecule has 194 valence electrons. The van der Waals surface area contributed by atoms with Crippen LogP contribution in [-0.2, 0) is 0 Å². The Morgan fingerprint density at radius 3 is 2.50 bits per heavy atom. The zero-order valence-electron chi connectivity index (χ0n) is 20.8. The summed E-state index contributed by atoms with van der Waals surface area (Å²) in [6.45, 7) is 0. The Kier molecular flexibility index (Phi) is 6.84. The molecule has 0 radical (unpaired) electrons. The van der Waals surface area contributed by atoms with Gasteiger partial charge in [0, 0.05) is 18.3 Å². The fourth-order valence-electron chi connectivity index (χ4n) is 4.54. The van der Waals surface area contributed by atoms with Gasteiger partial charge in [-0.1, -0.05) is 6.07 Å². The molecule has 3 heterocycles. The highest BCUT2D eigenvalue weighted by Gasteiger charge is 2.43. The Bertz CT molecular complexity index is 1490. The van der Waals surface area contributed by atoms with Crippen molar-refractivity contribution in [3.05, 3.63) is 94.5 Å². The molecule has 0 unspecified atom stereocenters. The normalized spacial score (nSPS) is 16.7. The summed E-state index contributed by atoms with van der Waals surface area (Å²) in [7, 11) is 4.63. The molecule has 2 aromatic heterocycles. The first-order valence-electron chi connectivity index (χ1n) is 11.6. The van der Waals surface area contributed by atoms with Gasteiger partial charge in [0.1, 0.15) is 34.8 Å². The molecule has 11 heteroatoms. The highest BCUT2D eigenvalue weighted by Crippen LogP contribution is 2.46. The van der Waals surface area contributed by atoms with E-state index in [0.717, 1.165) is 11.4 Å². The summed E-state index contributed by atoms with van der Waals surface area (Å²) >= 11 is 5.80. The van der Waals surface area contributed by atoms with E-state index >= 15 is 0 Å². The number of thiocarbonyl (C=S) groups is 1. The second-order valence-electron chi connectivity index (χ2n) is 8.38. The summed E-state index contributed by atoms with van der Waals surface area (Å²) in [4.78, 5) is 17.3. The van der Waals surface area contributed by atoms with Crippen molar-refractivity contribution in [2.75, 3.05) is 26.2 Å². The number of nitrogens with zero attached hydrogens (tertiary/aromatic N) is 3. The van der Waals surface area contributed by atoms with E-state index in [1.807, 2.05) is 41.3 Å². The Morgan fingerprint density at radius 2 is 1.82 bits per heavy atom. The van der Waals surface area contributed by atoms with Gasteiger partial charge in [-0.05, 0) is 54.7 Å². The van der Waals surface area contributed by atoms with Gasteiger partial charge in [0.25, 0.3) is 5.69 Å². The molecule has 1 saturated heterocycles. The molecule has 1 N–H and O–H groups in total. The molecule has 4 aromatic rings. The monoisotopic (exact) mass is 532 g/mol. The first kappa shape index (κ1) is 25.0. The van der Waals surface area contributed by atoms with Crippen LogP contribution in [0.1, 0.15) is 23.5 Å². The fourth-order valence-corrected chi connectivity index (χ4v) is 4.88. The lowest BCUT2D eigenvalue weighted by molar-refractivity contribution is -0.384. The van der Waals surface area contributed by atoms with E-state index in [4.69, 9.17) is 30.8 Å². The third-order valence-electron chi connectivity index (χ3n) is 6.32. The molecule has 0 amide bonds. The van der Waals surface area contributed by atoms with Crippen molar-refractivity contribution in [1.29, 1.82) is 0 Å². The maximum Gasteiger partial charge on any atom is 0.273 e. The summed E-state index contributed by atoms with van der Waals surface area (Å²) in [5.41, 5.74) is 2.01. The predicted octanol–water partition coefficient (Wildman–Crippen LogP) is 5.45. The Morgan fingerprint density at radius 1 is 1.00 bits per heavy atom. The van der Waals surface area contributed by atoms with Crippen molar-refractivity contribution in [1.82, 2.24) is 10.3 Å². The van der Waals surface area contributed by atoms with Gasteiger partial charge in [0.05, 0.1) is 55.3 Å². The average molecular weight is 533 g/mol. The highest BCUT2D eigenvalue weighted by molar-refractivity contribution is 7.80. The molecule has 10 nitrogen and oxygen atoms in total. The number of ether oxygens (including phenoxy) is 3. The molecule has 2 atom stereocenters. The van der Waals surface area contributed by atoms with E-state index in [1.165, 1.54) is 19.2 Å². The quantitative estimate of drug-likeness (QED) is 0.178. The van der Waals surface area contributed by atoms with Crippen molar-refractivity contribution >= 4 is 28.7 Å². The maximum atomic E-state index is 11.2. The molecule has 2 aromatic carbocycles. The predicted molar refractivity (Wildman–Crippen MR) is 145 cm³/mol. The van der Waals surface area contributed by atoms with Crippen molar-refractivity contribution in [3.8, 4) is 28.6 Å². The third-order valence-corrected chi connectivity index (χ3v) is 6.64. The first-order chi connectivity index (χ1) is 18.4. The smallest absolute Gasteiger partial charge is 0.273 e. The summed E-state index contributed by atoms with van der Waals surface area (Å²) in [6, 6.07) is 18.5. The number of rotatable bonds is 8. The molecular weight excluding hydrogens is 508 g/mol. The molecule has 0 saturated carbocycles. The highest BCUT2D eigenvalue weighted by atomic mass is 32.1. The number of pyridine rings is 1. The van der Waals surface area contributed by atoms with Gasteiger partial charge < -0.3 is 28.8 Å². The minimum atomic E-state index is -0.470. The summed E-state index contributed by atoms with van der Waals surface area (Å²) < 4.78 is 22.9. The summed E-state index contributed by atoms with van der Waals surface area (Å²) in [6.07, 6.45) is 1.73. The van der Waals surface area contributed by atoms with Gasteiger partial charge in [-0.2, -0.15) is 0 Å². The number of hydrogen-bond acceptors (Lipinski definition) is 8. The lowest BCUT2D eigenvalue weighted by atomic mass is 10.0. The van der Waals surface area contributed by atoms with Crippen LogP contribution in [-0.4, -0.2) is 36.3 Å². The molecule has 5 rings (SSSR count). The van der Waals surface area contributed by atoms with Crippen LogP contribution in [0.4, 0.5) is 11.4 Å². The van der Waals surface area contributed by atoms with Crippen LogP contribution < -0.4 is 24.4 Å². The van der Waals surface area contributed by atoms with Gasteiger partial charge in [0.15, 0.2) is 5.11 Å². The SMILES string of the molecule is COc1ccc(N2C(=S)N[C@H](c3ccccn3)[C@@H]2c2ccc(-c3ccc([N+](=O)[O-])cc3OC)o2)c(OC)c1. The van der Waals surface area contributed by atoms with Crippen LogP contribution in [0.5, 0.6) is 17.2 Å². The number of nitro benzene ring substituents is 1. The fraction of sp³-hybridized carbons (Fsp3) is 0.185. The van der Waals surface area contributed by atoms with E-state index in [1.54, 1.807) is 38.6 Å². The number of aromatic nitrogens is 1. The Hall–Kier alpha value is -4.64. The van der Waals surface area contributed by atoms with Crippen molar-refractivity contribution in [3.63, 3.8) is 0 Å². The molecular formula is C27H24N4O6S. The lowest BCUT2D eigenvalue weighted by Crippen LogP contribution is -2.29. The van der Waals surface area contributed by atoms with E-state index in [9.17, 15) is 10.1 Å². The number of non-ortho nitro benzene ring substituents is 1. The van der Waals surface area contributed by atoms with Crippen LogP contribution in [0.2, 0.25) is 0 Å². The van der Waals surface area contributed by atoms with Crippen molar-refractivity contribution in [2.24, 2.45) is 0 Å². The molecule has 38 heavy (non-hydrogen) atoms. The minimum Gasteiger partial charge on any atom is -0.497 e. The van der Waals surface area contributed by atoms with Crippen LogP contribution in [0.15, 0.2) is 77.3 Å². The number of nitro groups is 1. The Labute approximate surface area is 223 Å².